The van der Waals surface area contributed by atoms with E-state index < -0.39 is 86.8 Å². The molecule has 0 bridgehead atoms. The zero-order chi connectivity index (χ0) is 60.9. The van der Waals surface area contributed by atoms with Crippen LogP contribution in [-0.4, -0.2) is 140 Å². The Morgan fingerprint density at radius 1 is 0.429 bits per heavy atom. The highest BCUT2D eigenvalue weighted by Gasteiger charge is 2.51. The maximum absolute atomic E-state index is 13.3. The van der Waals surface area contributed by atoms with E-state index >= 15 is 0 Å². The lowest BCUT2D eigenvalue weighted by Crippen LogP contribution is -2.65. The lowest BCUT2D eigenvalue weighted by Gasteiger charge is -2.46. The smallest absolute Gasteiger partial charge is 0.220 e. The number of unbranched alkanes of at least 4 members (excludes halogenated alkanes) is 42. The first-order chi connectivity index (χ1) is 41.1. The van der Waals surface area contributed by atoms with Gasteiger partial charge in [0.05, 0.1) is 32.0 Å². The zero-order valence-electron chi connectivity index (χ0n) is 53.9. The molecule has 2 fully saturated rings. The van der Waals surface area contributed by atoms with Crippen molar-refractivity contribution >= 4 is 5.91 Å². The lowest BCUT2D eigenvalue weighted by molar-refractivity contribution is -0.359. The summed E-state index contributed by atoms with van der Waals surface area (Å²) in [5.74, 6) is -0.210. The SMILES string of the molecule is CCCCC/C=C\C/C=C\CCCCCCCCCC(=O)NC(COC1OC(CO)C(OC2OC(CO)C(O)C(O)C2O)C(O)C1O)C(O)CCCCCCCCCCCCCCCCCCCCCCCCCCCCCCCCCCC. The van der Waals surface area contributed by atoms with Crippen molar-refractivity contribution in [2.24, 2.45) is 0 Å². The topological polar surface area (TPSA) is 228 Å². The van der Waals surface area contributed by atoms with Crippen LogP contribution in [0.3, 0.4) is 0 Å². The lowest BCUT2D eigenvalue weighted by atomic mass is 9.97. The fourth-order valence-corrected chi connectivity index (χ4v) is 12.0. The van der Waals surface area contributed by atoms with E-state index in [1.807, 2.05) is 0 Å². The maximum atomic E-state index is 13.3. The third-order valence-corrected chi connectivity index (χ3v) is 17.7. The van der Waals surface area contributed by atoms with Crippen LogP contribution in [0.4, 0.5) is 0 Å². The van der Waals surface area contributed by atoms with E-state index in [1.165, 1.54) is 231 Å². The Kier molecular flexibility index (Phi) is 51.9. The second-order valence-corrected chi connectivity index (χ2v) is 25.4. The second kappa shape index (κ2) is 55.5. The van der Waals surface area contributed by atoms with Crippen molar-refractivity contribution in [3.8, 4) is 0 Å². The predicted molar refractivity (Wildman–Crippen MR) is 342 cm³/mol. The minimum Gasteiger partial charge on any atom is -0.394 e. The largest absolute Gasteiger partial charge is 0.394 e. The van der Waals surface area contributed by atoms with Crippen molar-refractivity contribution in [3.63, 3.8) is 0 Å². The normalized spacial score (nSPS) is 23.7. The Bertz CT molecular complexity index is 1500. The molecule has 9 N–H and O–H groups in total. The van der Waals surface area contributed by atoms with Crippen LogP contribution in [-0.2, 0) is 23.7 Å². The number of ether oxygens (including phenoxy) is 4. The molecule has 12 atom stereocenters. The minimum atomic E-state index is -1.78. The van der Waals surface area contributed by atoms with Gasteiger partial charge in [-0.25, -0.2) is 0 Å². The molecule has 14 nitrogen and oxygen atoms in total. The standard InChI is InChI=1S/C70H133NO13/c1-3-5-7-9-11-13-15-17-19-21-22-23-24-25-26-27-28-29-30-31-32-33-34-35-36-38-39-41-43-45-47-49-51-53-59(74)58(71-62(75)54-52-50-48-46-44-42-40-37-20-18-16-14-12-10-8-6-4-2)57-81-69-67(80)65(78)68(61(56-73)83-69)84-70-66(79)64(77)63(76)60(55-72)82-70/h12,14,18,20,58-61,63-70,72-74,76-80H,3-11,13,15-17,19,21-57H2,1-2H3,(H,71,75)/b14-12-,20-18-. The molecule has 2 saturated heterocycles. The monoisotopic (exact) mass is 1200 g/mol. The Morgan fingerprint density at radius 3 is 1.21 bits per heavy atom. The van der Waals surface area contributed by atoms with E-state index in [-0.39, 0.29) is 12.5 Å². The molecule has 0 saturated carbocycles. The zero-order valence-corrected chi connectivity index (χ0v) is 53.9. The van der Waals surface area contributed by atoms with Crippen molar-refractivity contribution in [1.82, 2.24) is 5.32 Å². The van der Waals surface area contributed by atoms with E-state index in [2.05, 4.69) is 43.5 Å². The number of hydrogen-bond acceptors (Lipinski definition) is 13. The highest BCUT2D eigenvalue weighted by molar-refractivity contribution is 5.76. The first-order valence-electron chi connectivity index (χ1n) is 35.6. The molecule has 0 aromatic carbocycles. The first kappa shape index (κ1) is 78.6. The van der Waals surface area contributed by atoms with Crippen LogP contribution >= 0.6 is 0 Å². The molecule has 0 aromatic heterocycles. The van der Waals surface area contributed by atoms with Crippen LogP contribution in [0.25, 0.3) is 0 Å². The molecule has 0 aromatic rings. The molecule has 0 radical (unpaired) electrons. The first-order valence-corrected chi connectivity index (χ1v) is 35.6. The number of nitrogens with one attached hydrogen (secondary N) is 1. The molecule has 2 aliphatic heterocycles. The number of hydrogen-bond donors (Lipinski definition) is 9. The van der Waals surface area contributed by atoms with Gasteiger partial charge in [-0.05, 0) is 44.9 Å². The molecule has 84 heavy (non-hydrogen) atoms. The number of aliphatic hydroxyl groups excluding tert-OH is 8. The highest BCUT2D eigenvalue weighted by Crippen LogP contribution is 2.30. The van der Waals surface area contributed by atoms with Crippen molar-refractivity contribution in [2.75, 3.05) is 19.8 Å². The Morgan fingerprint density at radius 2 is 0.786 bits per heavy atom. The number of carbonyl (C=O) groups is 1. The summed E-state index contributed by atoms with van der Waals surface area (Å²) in [7, 11) is 0. The molecule has 1 amide bonds. The Balaban J connectivity index is 1.62. The van der Waals surface area contributed by atoms with Crippen molar-refractivity contribution < 1.29 is 64.6 Å². The Labute approximate surface area is 513 Å². The van der Waals surface area contributed by atoms with E-state index in [0.29, 0.717) is 19.3 Å². The molecule has 0 spiro atoms. The van der Waals surface area contributed by atoms with E-state index in [1.54, 1.807) is 0 Å². The van der Waals surface area contributed by atoms with E-state index in [0.717, 1.165) is 57.8 Å². The molecule has 2 heterocycles. The number of aliphatic hydroxyl groups is 8. The molecule has 2 rings (SSSR count). The van der Waals surface area contributed by atoms with Crippen LogP contribution in [0, 0.1) is 0 Å². The molecule has 14 heteroatoms. The summed E-state index contributed by atoms with van der Waals surface area (Å²) in [6, 6.07) is -0.833. The van der Waals surface area contributed by atoms with Crippen LogP contribution < -0.4 is 5.32 Å². The van der Waals surface area contributed by atoms with Gasteiger partial charge in [-0.15, -0.1) is 0 Å². The van der Waals surface area contributed by atoms with Gasteiger partial charge >= 0.3 is 0 Å². The molecular weight excluding hydrogens is 1060 g/mol. The van der Waals surface area contributed by atoms with Gasteiger partial charge in [0.2, 0.25) is 5.91 Å². The van der Waals surface area contributed by atoms with Crippen LogP contribution in [0.5, 0.6) is 0 Å². The minimum absolute atomic E-state index is 0.210. The van der Waals surface area contributed by atoms with Crippen LogP contribution in [0.2, 0.25) is 0 Å². The molecule has 2 aliphatic rings. The fraction of sp³-hybridized carbons (Fsp3) is 0.929. The second-order valence-electron chi connectivity index (χ2n) is 25.4. The van der Waals surface area contributed by atoms with Gasteiger partial charge in [-0.2, -0.15) is 0 Å². The summed E-state index contributed by atoms with van der Waals surface area (Å²) in [5, 5.41) is 87.5. The van der Waals surface area contributed by atoms with Gasteiger partial charge in [0.1, 0.15) is 48.8 Å². The van der Waals surface area contributed by atoms with Gasteiger partial charge in [-0.3, -0.25) is 4.79 Å². The summed E-state index contributed by atoms with van der Waals surface area (Å²) >= 11 is 0. The maximum Gasteiger partial charge on any atom is 0.220 e. The third kappa shape index (κ3) is 39.5. The van der Waals surface area contributed by atoms with Gasteiger partial charge in [0.15, 0.2) is 12.6 Å². The summed E-state index contributed by atoms with van der Waals surface area (Å²) in [5.41, 5.74) is 0. The van der Waals surface area contributed by atoms with Crippen molar-refractivity contribution in [2.45, 2.75) is 396 Å². The predicted octanol–water partition coefficient (Wildman–Crippen LogP) is 14.3. The van der Waals surface area contributed by atoms with Gasteiger partial charge < -0.3 is 65.1 Å². The molecule has 0 aliphatic carbocycles. The molecule has 12 unspecified atom stereocenters. The van der Waals surface area contributed by atoms with E-state index in [4.69, 9.17) is 18.9 Å². The highest BCUT2D eigenvalue weighted by atomic mass is 16.7. The van der Waals surface area contributed by atoms with Crippen molar-refractivity contribution in [1.29, 1.82) is 0 Å². The van der Waals surface area contributed by atoms with Gasteiger partial charge in [0, 0.05) is 6.42 Å². The summed E-state index contributed by atoms with van der Waals surface area (Å²) in [6.07, 6.45) is 52.1. The third-order valence-electron chi connectivity index (χ3n) is 17.7. The molecular formula is C70H133NO13. The quantitative estimate of drug-likeness (QED) is 0.0204. The average Bonchev–Trinajstić information content (AvgIpc) is 3.18. The number of carbonyl (C=O) groups excluding carboxylic acids is 1. The average molecular weight is 1200 g/mol. The fourth-order valence-electron chi connectivity index (χ4n) is 12.0. The Hall–Kier alpha value is -1.53. The van der Waals surface area contributed by atoms with Crippen molar-refractivity contribution in [3.05, 3.63) is 24.3 Å². The summed E-state index contributed by atoms with van der Waals surface area (Å²) < 4.78 is 22.9. The number of amides is 1. The molecule has 496 valence electrons. The summed E-state index contributed by atoms with van der Waals surface area (Å²) in [6.45, 7) is 2.87. The van der Waals surface area contributed by atoms with Crippen LogP contribution in [0.15, 0.2) is 24.3 Å². The summed E-state index contributed by atoms with van der Waals surface area (Å²) in [4.78, 5) is 13.3. The number of rotatable bonds is 59. The van der Waals surface area contributed by atoms with E-state index in [9.17, 15) is 45.6 Å². The van der Waals surface area contributed by atoms with Gasteiger partial charge in [0.25, 0.3) is 0 Å². The van der Waals surface area contributed by atoms with Gasteiger partial charge in [-0.1, -0.05) is 295 Å². The number of allylic oxidation sites excluding steroid dienone is 4. The van der Waals surface area contributed by atoms with Crippen LogP contribution in [0.1, 0.15) is 322 Å².